The highest BCUT2D eigenvalue weighted by Gasteiger charge is 2.39. The van der Waals surface area contributed by atoms with E-state index >= 15 is 0 Å². The first-order valence-electron chi connectivity index (χ1n) is 5.14. The van der Waals surface area contributed by atoms with E-state index in [0.29, 0.717) is 18.0 Å². The van der Waals surface area contributed by atoms with Crippen molar-refractivity contribution in [2.24, 2.45) is 0 Å². The Morgan fingerprint density at radius 2 is 2.19 bits per heavy atom. The van der Waals surface area contributed by atoms with Gasteiger partial charge in [-0.25, -0.2) is 4.98 Å². The highest BCUT2D eigenvalue weighted by molar-refractivity contribution is 7.09. The van der Waals surface area contributed by atoms with Crippen LogP contribution in [0.15, 0.2) is 5.38 Å². The van der Waals surface area contributed by atoms with Crippen molar-refractivity contribution in [1.29, 1.82) is 0 Å². The lowest BCUT2D eigenvalue weighted by Gasteiger charge is -2.20. The Bertz CT molecular complexity index is 322. The second-order valence-electron chi connectivity index (χ2n) is 3.64. The number of nitrogens with zero attached hydrogens (tertiary/aromatic N) is 1. The normalized spacial score (nSPS) is 14.1. The Labute approximate surface area is 96.9 Å². The van der Waals surface area contributed by atoms with Crippen LogP contribution < -0.4 is 5.32 Å². The minimum atomic E-state index is -4.21. The maximum Gasteiger partial charge on any atom is 0.404 e. The maximum atomic E-state index is 12.7. The number of aromatic nitrogens is 1. The highest BCUT2D eigenvalue weighted by Crippen LogP contribution is 2.24. The van der Waals surface area contributed by atoms with Crippen LogP contribution >= 0.6 is 11.3 Å². The van der Waals surface area contributed by atoms with E-state index < -0.39 is 12.2 Å². The smallest absolute Gasteiger partial charge is 0.306 e. The summed E-state index contributed by atoms with van der Waals surface area (Å²) in [5.41, 5.74) is 0.774. The second kappa shape index (κ2) is 5.63. The molecule has 1 N–H and O–H groups in total. The molecule has 6 heteroatoms. The molecule has 0 fully saturated rings. The summed E-state index contributed by atoms with van der Waals surface area (Å²) in [7, 11) is 0. The highest BCUT2D eigenvalue weighted by atomic mass is 32.1. The zero-order valence-corrected chi connectivity index (χ0v) is 10.1. The van der Waals surface area contributed by atoms with E-state index in [-0.39, 0.29) is 6.42 Å². The largest absolute Gasteiger partial charge is 0.404 e. The van der Waals surface area contributed by atoms with Crippen LogP contribution in [0.2, 0.25) is 0 Å². The molecule has 1 aromatic rings. The van der Waals surface area contributed by atoms with Crippen molar-refractivity contribution in [2.45, 2.75) is 38.9 Å². The van der Waals surface area contributed by atoms with Crippen LogP contribution in [0.25, 0.3) is 0 Å². The van der Waals surface area contributed by atoms with Crippen molar-refractivity contribution in [2.75, 3.05) is 6.54 Å². The molecule has 92 valence electrons. The van der Waals surface area contributed by atoms with E-state index in [1.165, 1.54) is 11.3 Å². The van der Waals surface area contributed by atoms with Gasteiger partial charge >= 0.3 is 6.18 Å². The lowest BCUT2D eigenvalue weighted by atomic mass is 10.2. The summed E-state index contributed by atoms with van der Waals surface area (Å²) in [5.74, 6) is 0. The van der Waals surface area contributed by atoms with Crippen LogP contribution in [0.4, 0.5) is 13.2 Å². The SMILES string of the molecule is CCCNC(Cc1nc(C)cs1)C(F)(F)F. The summed E-state index contributed by atoms with van der Waals surface area (Å²) in [6.45, 7) is 3.99. The lowest BCUT2D eigenvalue weighted by Crippen LogP contribution is -2.44. The van der Waals surface area contributed by atoms with Gasteiger partial charge in [-0.1, -0.05) is 6.92 Å². The van der Waals surface area contributed by atoms with Crippen molar-refractivity contribution >= 4 is 11.3 Å². The fourth-order valence-corrected chi connectivity index (χ4v) is 2.11. The Hall–Kier alpha value is -0.620. The number of hydrogen-bond donors (Lipinski definition) is 1. The van der Waals surface area contributed by atoms with Crippen LogP contribution in [0.5, 0.6) is 0 Å². The first-order chi connectivity index (χ1) is 7.43. The van der Waals surface area contributed by atoms with Crippen LogP contribution in [0.1, 0.15) is 24.0 Å². The van der Waals surface area contributed by atoms with Gasteiger partial charge in [-0.05, 0) is 19.9 Å². The number of alkyl halides is 3. The van der Waals surface area contributed by atoms with E-state index in [4.69, 9.17) is 0 Å². The van der Waals surface area contributed by atoms with Gasteiger partial charge in [0.25, 0.3) is 0 Å². The summed E-state index contributed by atoms with van der Waals surface area (Å²) in [6, 6.07) is -1.49. The summed E-state index contributed by atoms with van der Waals surface area (Å²) >= 11 is 1.28. The molecular formula is C10H15F3N2S. The van der Waals surface area contributed by atoms with Gasteiger partial charge < -0.3 is 5.32 Å². The number of hydrogen-bond acceptors (Lipinski definition) is 3. The third kappa shape index (κ3) is 4.09. The zero-order valence-electron chi connectivity index (χ0n) is 9.27. The first-order valence-corrected chi connectivity index (χ1v) is 6.02. The number of halogens is 3. The minimum absolute atomic E-state index is 0.0813. The van der Waals surface area contributed by atoms with E-state index in [0.717, 1.165) is 5.69 Å². The third-order valence-corrected chi connectivity index (χ3v) is 3.07. The molecule has 0 aliphatic heterocycles. The van der Waals surface area contributed by atoms with Gasteiger partial charge in [0.2, 0.25) is 0 Å². The zero-order chi connectivity index (χ0) is 12.2. The lowest BCUT2D eigenvalue weighted by molar-refractivity contribution is -0.155. The fourth-order valence-electron chi connectivity index (χ4n) is 1.29. The molecule has 0 aromatic carbocycles. The molecule has 0 spiro atoms. The van der Waals surface area contributed by atoms with Gasteiger partial charge in [0, 0.05) is 17.5 Å². The summed E-state index contributed by atoms with van der Waals surface area (Å²) in [5, 5.41) is 4.81. The van der Waals surface area contributed by atoms with Gasteiger partial charge in [0.15, 0.2) is 0 Å². The maximum absolute atomic E-state index is 12.7. The Balaban J connectivity index is 2.63. The van der Waals surface area contributed by atoms with Crippen molar-refractivity contribution in [1.82, 2.24) is 10.3 Å². The van der Waals surface area contributed by atoms with Crippen molar-refractivity contribution in [3.63, 3.8) is 0 Å². The number of thiazole rings is 1. The molecule has 1 heterocycles. The first kappa shape index (κ1) is 13.4. The molecule has 0 amide bonds. The summed E-state index contributed by atoms with van der Waals surface area (Å²) in [4.78, 5) is 4.05. The predicted octanol–water partition coefficient (Wildman–Crippen LogP) is 2.92. The van der Waals surface area contributed by atoms with E-state index in [2.05, 4.69) is 10.3 Å². The van der Waals surface area contributed by atoms with Gasteiger partial charge in [0.1, 0.15) is 6.04 Å². The van der Waals surface area contributed by atoms with E-state index in [9.17, 15) is 13.2 Å². The second-order valence-corrected chi connectivity index (χ2v) is 4.58. The molecule has 1 unspecified atom stereocenters. The monoisotopic (exact) mass is 252 g/mol. The molecule has 16 heavy (non-hydrogen) atoms. The van der Waals surface area contributed by atoms with E-state index in [1.807, 2.05) is 6.92 Å². The fraction of sp³-hybridized carbons (Fsp3) is 0.700. The van der Waals surface area contributed by atoms with Crippen molar-refractivity contribution in [3.8, 4) is 0 Å². The van der Waals surface area contributed by atoms with Gasteiger partial charge in [0.05, 0.1) is 5.01 Å². The Kier molecular flexibility index (Phi) is 4.73. The minimum Gasteiger partial charge on any atom is -0.306 e. The molecule has 2 nitrogen and oxygen atoms in total. The number of rotatable bonds is 5. The molecule has 1 aromatic heterocycles. The Morgan fingerprint density at radius 1 is 1.50 bits per heavy atom. The van der Waals surface area contributed by atoms with Gasteiger partial charge in [-0.2, -0.15) is 13.2 Å². The summed E-state index contributed by atoms with van der Waals surface area (Å²) in [6.07, 6.45) is -3.61. The molecule has 0 radical (unpaired) electrons. The standard InChI is InChI=1S/C10H15F3N2S/c1-3-4-14-8(10(11,12)13)5-9-15-7(2)6-16-9/h6,8,14H,3-5H2,1-2H3. The molecule has 0 aliphatic carbocycles. The average Bonchev–Trinajstić information content (AvgIpc) is 2.57. The molecule has 1 atom stereocenters. The molecule has 0 saturated carbocycles. The molecular weight excluding hydrogens is 237 g/mol. The average molecular weight is 252 g/mol. The Morgan fingerprint density at radius 3 is 2.62 bits per heavy atom. The van der Waals surface area contributed by atoms with Crippen LogP contribution in [0, 0.1) is 6.92 Å². The van der Waals surface area contributed by atoms with Crippen LogP contribution in [0.3, 0.4) is 0 Å². The number of aryl methyl sites for hydroxylation is 1. The molecule has 0 aliphatic rings. The molecule has 0 saturated heterocycles. The molecule has 1 rings (SSSR count). The topological polar surface area (TPSA) is 24.9 Å². The van der Waals surface area contributed by atoms with Gasteiger partial charge in [-0.15, -0.1) is 11.3 Å². The van der Waals surface area contributed by atoms with Crippen molar-refractivity contribution in [3.05, 3.63) is 16.1 Å². The van der Waals surface area contributed by atoms with Gasteiger partial charge in [-0.3, -0.25) is 0 Å². The molecule has 0 bridgehead atoms. The van der Waals surface area contributed by atoms with E-state index in [1.54, 1.807) is 12.3 Å². The van der Waals surface area contributed by atoms with Crippen LogP contribution in [-0.4, -0.2) is 23.7 Å². The quantitative estimate of drug-likeness (QED) is 0.871. The predicted molar refractivity (Wildman–Crippen MR) is 58.7 cm³/mol. The van der Waals surface area contributed by atoms with Crippen molar-refractivity contribution < 1.29 is 13.2 Å². The summed E-state index contributed by atoms with van der Waals surface area (Å²) < 4.78 is 38.0. The van der Waals surface area contributed by atoms with Crippen LogP contribution in [-0.2, 0) is 6.42 Å². The third-order valence-electron chi connectivity index (χ3n) is 2.08. The number of nitrogens with one attached hydrogen (secondary N) is 1.